The van der Waals surface area contributed by atoms with Crippen molar-refractivity contribution >= 4 is 22.0 Å². The van der Waals surface area contributed by atoms with Gasteiger partial charge in [0.1, 0.15) is 23.2 Å². The lowest BCUT2D eigenvalue weighted by atomic mass is 9.92. The molecule has 1 fully saturated rings. The molecule has 0 aromatic heterocycles. The Morgan fingerprint density at radius 1 is 1.16 bits per heavy atom. The molecule has 0 bridgehead atoms. The number of hydrogen-bond donors (Lipinski definition) is 0. The smallest absolute Gasteiger partial charge is 0.324 e. The first-order valence-corrected chi connectivity index (χ1v) is 11.7. The van der Waals surface area contributed by atoms with Crippen LogP contribution in [0.1, 0.15) is 40.0 Å². The summed E-state index contributed by atoms with van der Waals surface area (Å²) in [6.07, 6.45) is 0.446. The second-order valence-electron chi connectivity index (χ2n) is 8.38. The lowest BCUT2D eigenvalue weighted by Gasteiger charge is -2.37. The first kappa shape index (κ1) is 25.1. The molecule has 1 aliphatic rings. The minimum absolute atomic E-state index is 0.00684. The van der Waals surface area contributed by atoms with Crippen molar-refractivity contribution in [1.82, 2.24) is 4.31 Å². The highest BCUT2D eigenvalue weighted by molar-refractivity contribution is 7.89. The summed E-state index contributed by atoms with van der Waals surface area (Å²) < 4.78 is 55.6. The molecular formula is C21H30FNO7S. The molecule has 0 spiro atoms. The Labute approximate surface area is 182 Å². The summed E-state index contributed by atoms with van der Waals surface area (Å²) in [4.78, 5) is 24.7. The number of piperidine rings is 1. The van der Waals surface area contributed by atoms with Crippen LogP contribution in [-0.2, 0) is 29.1 Å². The molecule has 0 aliphatic carbocycles. The van der Waals surface area contributed by atoms with Crippen LogP contribution in [0.3, 0.4) is 0 Å². The Morgan fingerprint density at radius 2 is 1.81 bits per heavy atom. The van der Waals surface area contributed by atoms with Gasteiger partial charge in [-0.1, -0.05) is 0 Å². The maximum atomic E-state index is 13.0. The van der Waals surface area contributed by atoms with Gasteiger partial charge in [0.2, 0.25) is 10.0 Å². The number of esters is 2. The van der Waals surface area contributed by atoms with Crippen LogP contribution in [0.2, 0.25) is 0 Å². The van der Waals surface area contributed by atoms with Crippen molar-refractivity contribution in [3.05, 3.63) is 30.1 Å². The molecule has 0 saturated carbocycles. The first-order chi connectivity index (χ1) is 14.4. The van der Waals surface area contributed by atoms with E-state index in [9.17, 15) is 22.4 Å². The number of methoxy groups -OCH3 is 1. The summed E-state index contributed by atoms with van der Waals surface area (Å²) in [6, 6.07) is 4.33. The zero-order chi connectivity index (χ0) is 23.2. The molecule has 8 nitrogen and oxygen atoms in total. The Morgan fingerprint density at radius 3 is 2.39 bits per heavy atom. The van der Waals surface area contributed by atoms with Crippen LogP contribution in [0.4, 0.5) is 4.39 Å². The van der Waals surface area contributed by atoms with E-state index in [1.54, 1.807) is 20.8 Å². The number of sulfonamides is 1. The van der Waals surface area contributed by atoms with Gasteiger partial charge < -0.3 is 14.2 Å². The third kappa shape index (κ3) is 7.46. The average molecular weight is 460 g/mol. The van der Waals surface area contributed by atoms with Gasteiger partial charge in [0.15, 0.2) is 0 Å². The Bertz CT molecular complexity index is 865. The Hall–Kier alpha value is -2.20. The van der Waals surface area contributed by atoms with E-state index in [4.69, 9.17) is 14.2 Å². The lowest BCUT2D eigenvalue weighted by molar-refractivity contribution is -0.162. The van der Waals surface area contributed by atoms with Crippen molar-refractivity contribution in [3.63, 3.8) is 0 Å². The van der Waals surface area contributed by atoms with Crippen LogP contribution in [0.15, 0.2) is 24.3 Å². The van der Waals surface area contributed by atoms with Crippen molar-refractivity contribution in [1.29, 1.82) is 0 Å². The third-order valence-electron chi connectivity index (χ3n) is 4.75. The van der Waals surface area contributed by atoms with Crippen molar-refractivity contribution < 1.29 is 36.6 Å². The Balaban J connectivity index is 2.04. The van der Waals surface area contributed by atoms with Crippen molar-refractivity contribution in [2.24, 2.45) is 5.92 Å². The van der Waals surface area contributed by atoms with Crippen LogP contribution >= 0.6 is 0 Å². The van der Waals surface area contributed by atoms with Gasteiger partial charge >= 0.3 is 11.9 Å². The number of carbonyl (C=O) groups excluding carboxylic acids is 2. The van der Waals surface area contributed by atoms with Crippen LogP contribution < -0.4 is 4.74 Å². The zero-order valence-electron chi connectivity index (χ0n) is 18.3. The number of nitrogens with zero attached hydrogens (tertiary/aromatic N) is 1. The molecule has 1 aliphatic heterocycles. The SMILES string of the molecule is COC(=O)[C@@H]1CCN(S(=O)(=O)CCCOc2ccc(F)cc2)[C@@H](C(=O)OC(C)(C)C)C1. The van der Waals surface area contributed by atoms with Gasteiger partial charge in [-0.25, -0.2) is 12.8 Å². The monoisotopic (exact) mass is 459 g/mol. The summed E-state index contributed by atoms with van der Waals surface area (Å²) >= 11 is 0. The fraction of sp³-hybridized carbons (Fsp3) is 0.619. The number of ether oxygens (including phenoxy) is 3. The maximum absolute atomic E-state index is 13.0. The van der Waals surface area contributed by atoms with Gasteiger partial charge in [-0.05, 0) is 64.3 Å². The quantitative estimate of drug-likeness (QED) is 0.435. The summed E-state index contributed by atoms with van der Waals surface area (Å²) in [5.74, 6) is -1.93. The summed E-state index contributed by atoms with van der Waals surface area (Å²) in [6.45, 7) is 5.21. The predicted octanol–water partition coefficient (Wildman–Crippen LogP) is 2.52. The normalized spacial score (nSPS) is 20.2. The number of carbonyl (C=O) groups is 2. The molecule has 1 aromatic rings. The zero-order valence-corrected chi connectivity index (χ0v) is 19.1. The van der Waals surface area contributed by atoms with Crippen molar-refractivity contribution in [2.75, 3.05) is 26.0 Å². The van der Waals surface area contributed by atoms with Crippen LogP contribution in [-0.4, -0.2) is 62.3 Å². The standard InChI is InChI=1S/C21H30FNO7S/c1-21(2,3)30-20(25)18-14-15(19(24)28-4)10-11-23(18)31(26,27)13-5-12-29-17-8-6-16(22)7-9-17/h6-9,15,18H,5,10-14H2,1-4H3/t15-,18-/m1/s1. The minimum atomic E-state index is -3.81. The number of halogens is 1. The molecule has 0 radical (unpaired) electrons. The van der Waals surface area contributed by atoms with Crippen LogP contribution in [0.5, 0.6) is 5.75 Å². The highest BCUT2D eigenvalue weighted by Crippen LogP contribution is 2.29. The minimum Gasteiger partial charge on any atom is -0.494 e. The highest BCUT2D eigenvalue weighted by Gasteiger charge is 2.43. The summed E-state index contributed by atoms with van der Waals surface area (Å²) in [5.41, 5.74) is -0.798. The van der Waals surface area contributed by atoms with E-state index in [0.717, 1.165) is 4.31 Å². The molecule has 0 amide bonds. The summed E-state index contributed by atoms with van der Waals surface area (Å²) in [5, 5.41) is 0. The first-order valence-electron chi connectivity index (χ1n) is 10.1. The van der Waals surface area contributed by atoms with Gasteiger partial charge in [-0.3, -0.25) is 9.59 Å². The molecule has 0 N–H and O–H groups in total. The molecule has 1 heterocycles. The third-order valence-corrected chi connectivity index (χ3v) is 6.71. The van der Waals surface area contributed by atoms with Crippen molar-refractivity contribution in [2.45, 2.75) is 51.7 Å². The molecular weight excluding hydrogens is 429 g/mol. The number of hydrogen-bond acceptors (Lipinski definition) is 7. The molecule has 1 aromatic carbocycles. The fourth-order valence-corrected chi connectivity index (χ4v) is 4.98. The molecule has 1 saturated heterocycles. The average Bonchev–Trinajstić information content (AvgIpc) is 2.70. The maximum Gasteiger partial charge on any atom is 0.324 e. The van der Waals surface area contributed by atoms with Gasteiger partial charge in [0.25, 0.3) is 0 Å². The van der Waals surface area contributed by atoms with Crippen molar-refractivity contribution in [3.8, 4) is 5.75 Å². The van der Waals surface area contributed by atoms with Gasteiger partial charge in [0, 0.05) is 6.54 Å². The second kappa shape index (κ2) is 10.4. The predicted molar refractivity (Wildman–Crippen MR) is 111 cm³/mol. The van der Waals surface area contributed by atoms with Gasteiger partial charge in [0.05, 0.1) is 25.4 Å². The number of rotatable bonds is 8. The molecule has 31 heavy (non-hydrogen) atoms. The highest BCUT2D eigenvalue weighted by atomic mass is 32.2. The number of benzene rings is 1. The van der Waals surface area contributed by atoms with E-state index in [-0.39, 0.29) is 38.2 Å². The summed E-state index contributed by atoms with van der Waals surface area (Å²) in [7, 11) is -2.55. The van der Waals surface area contributed by atoms with Crippen LogP contribution in [0, 0.1) is 11.7 Å². The lowest BCUT2D eigenvalue weighted by Crippen LogP contribution is -2.53. The molecule has 174 valence electrons. The van der Waals surface area contributed by atoms with E-state index in [1.807, 2.05) is 0 Å². The second-order valence-corrected chi connectivity index (χ2v) is 10.4. The molecule has 2 rings (SSSR count). The molecule has 2 atom stereocenters. The topological polar surface area (TPSA) is 99.2 Å². The van der Waals surface area contributed by atoms with E-state index in [2.05, 4.69) is 0 Å². The van der Waals surface area contributed by atoms with Crippen LogP contribution in [0.25, 0.3) is 0 Å². The Kier molecular flexibility index (Phi) is 8.41. The van der Waals surface area contributed by atoms with E-state index >= 15 is 0 Å². The van der Waals surface area contributed by atoms with E-state index in [1.165, 1.54) is 31.4 Å². The van der Waals surface area contributed by atoms with E-state index < -0.39 is 45.3 Å². The fourth-order valence-electron chi connectivity index (χ4n) is 3.32. The van der Waals surface area contributed by atoms with Gasteiger partial charge in [-0.15, -0.1) is 0 Å². The van der Waals surface area contributed by atoms with Gasteiger partial charge in [-0.2, -0.15) is 4.31 Å². The molecule has 0 unspecified atom stereocenters. The molecule has 10 heteroatoms. The largest absolute Gasteiger partial charge is 0.494 e. The van der Waals surface area contributed by atoms with E-state index in [0.29, 0.717) is 5.75 Å².